The van der Waals surface area contributed by atoms with Crippen molar-refractivity contribution in [2.24, 2.45) is 0 Å². The molecule has 0 aliphatic rings. The first-order valence-electron chi connectivity index (χ1n) is 8.11. The van der Waals surface area contributed by atoms with E-state index in [0.29, 0.717) is 5.56 Å². The molecule has 2 aromatic rings. The van der Waals surface area contributed by atoms with Crippen molar-refractivity contribution in [2.45, 2.75) is 0 Å². The normalized spacial score (nSPS) is 10.8. The number of nitrogens with zero attached hydrogens (tertiary/aromatic N) is 2. The van der Waals surface area contributed by atoms with Gasteiger partial charge in [-0.3, -0.25) is 4.79 Å². The monoisotopic (exact) mass is 385 g/mol. The first kappa shape index (κ1) is 20.6. The van der Waals surface area contributed by atoms with Gasteiger partial charge >= 0.3 is 5.97 Å². The zero-order valence-electron chi connectivity index (χ0n) is 15.2. The van der Waals surface area contributed by atoms with Crippen LogP contribution in [0.4, 0.5) is 20.2 Å². The Labute approximate surface area is 160 Å². The van der Waals surface area contributed by atoms with Crippen molar-refractivity contribution in [2.75, 3.05) is 30.9 Å². The molecule has 2 rings (SSSR count). The van der Waals surface area contributed by atoms with E-state index in [1.165, 1.54) is 6.08 Å². The van der Waals surface area contributed by atoms with Crippen molar-refractivity contribution in [3.05, 3.63) is 65.2 Å². The second kappa shape index (κ2) is 9.28. The number of anilines is 2. The van der Waals surface area contributed by atoms with Crippen LogP contribution in [0.25, 0.3) is 6.08 Å². The Bertz CT molecular complexity index is 948. The lowest BCUT2D eigenvalue weighted by molar-refractivity contribution is -0.142. The third-order valence-electron chi connectivity index (χ3n) is 3.60. The van der Waals surface area contributed by atoms with Gasteiger partial charge in [0.2, 0.25) is 0 Å². The van der Waals surface area contributed by atoms with E-state index in [4.69, 9.17) is 10.00 Å². The fraction of sp³-hybridized carbons (Fsp3) is 0.150. The molecule has 0 saturated carbocycles. The number of nitriles is 1. The minimum Gasteiger partial charge on any atom is -0.451 e. The third-order valence-corrected chi connectivity index (χ3v) is 3.60. The Morgan fingerprint density at radius 3 is 2.46 bits per heavy atom. The lowest BCUT2D eigenvalue weighted by atomic mass is 10.1. The highest BCUT2D eigenvalue weighted by Gasteiger charge is 2.14. The van der Waals surface area contributed by atoms with Crippen molar-refractivity contribution < 1.29 is 23.1 Å². The summed E-state index contributed by atoms with van der Waals surface area (Å²) in [5.74, 6) is -3.44. The second-order valence-corrected chi connectivity index (χ2v) is 5.90. The zero-order valence-corrected chi connectivity index (χ0v) is 15.2. The summed E-state index contributed by atoms with van der Waals surface area (Å²) >= 11 is 0. The van der Waals surface area contributed by atoms with Gasteiger partial charge in [0, 0.05) is 25.8 Å². The van der Waals surface area contributed by atoms with Gasteiger partial charge in [0.1, 0.15) is 23.3 Å². The van der Waals surface area contributed by atoms with Gasteiger partial charge in [0.05, 0.1) is 5.69 Å². The SMILES string of the molecule is CN(C)c1ccc(/C=C(\C#N)C(=O)OCC(=O)Nc2cc(F)ccc2F)cc1. The molecular formula is C20H17F2N3O3. The molecule has 0 unspecified atom stereocenters. The van der Waals surface area contributed by atoms with Gasteiger partial charge in [-0.1, -0.05) is 12.1 Å². The average molecular weight is 385 g/mol. The molecule has 0 fully saturated rings. The molecule has 144 valence electrons. The number of hydrogen-bond donors (Lipinski definition) is 1. The number of halogens is 2. The highest BCUT2D eigenvalue weighted by Crippen LogP contribution is 2.16. The Kier molecular flexibility index (Phi) is 6.82. The standard InChI is InChI=1S/C20H17F2N3O3/c1-25(2)16-6-3-13(4-7-16)9-14(11-23)20(27)28-12-19(26)24-18-10-15(21)5-8-17(18)22/h3-10H,12H2,1-2H3,(H,24,26)/b14-9+. The quantitative estimate of drug-likeness (QED) is 0.469. The largest absolute Gasteiger partial charge is 0.451 e. The molecule has 28 heavy (non-hydrogen) atoms. The number of rotatable bonds is 6. The Morgan fingerprint density at radius 1 is 1.18 bits per heavy atom. The molecule has 0 heterocycles. The van der Waals surface area contributed by atoms with Crippen LogP contribution < -0.4 is 10.2 Å². The molecule has 0 aliphatic heterocycles. The predicted molar refractivity (Wildman–Crippen MR) is 100 cm³/mol. The van der Waals surface area contributed by atoms with Crippen LogP contribution in [-0.2, 0) is 14.3 Å². The van der Waals surface area contributed by atoms with Crippen LogP contribution in [0.5, 0.6) is 0 Å². The summed E-state index contributed by atoms with van der Waals surface area (Å²) in [6, 6.07) is 11.3. The number of nitrogens with one attached hydrogen (secondary N) is 1. The fourth-order valence-electron chi connectivity index (χ4n) is 2.16. The van der Waals surface area contributed by atoms with E-state index in [9.17, 15) is 18.4 Å². The minimum absolute atomic E-state index is 0.303. The maximum absolute atomic E-state index is 13.5. The third kappa shape index (κ3) is 5.64. The van der Waals surface area contributed by atoms with Crippen LogP contribution in [-0.4, -0.2) is 32.6 Å². The van der Waals surface area contributed by atoms with Crippen LogP contribution in [0.15, 0.2) is 48.0 Å². The molecular weight excluding hydrogens is 368 g/mol. The van der Waals surface area contributed by atoms with Crippen LogP contribution in [0.3, 0.4) is 0 Å². The molecule has 8 heteroatoms. The van der Waals surface area contributed by atoms with Gasteiger partial charge in [0.15, 0.2) is 6.61 Å². The van der Waals surface area contributed by atoms with Crippen LogP contribution in [0.2, 0.25) is 0 Å². The lowest BCUT2D eigenvalue weighted by Gasteiger charge is -2.11. The highest BCUT2D eigenvalue weighted by atomic mass is 19.1. The topological polar surface area (TPSA) is 82.4 Å². The first-order valence-corrected chi connectivity index (χ1v) is 8.11. The van der Waals surface area contributed by atoms with Crippen LogP contribution in [0.1, 0.15) is 5.56 Å². The van der Waals surface area contributed by atoms with E-state index >= 15 is 0 Å². The summed E-state index contributed by atoms with van der Waals surface area (Å²) in [6.07, 6.45) is 1.33. The number of amides is 1. The maximum atomic E-state index is 13.5. The van der Waals surface area contributed by atoms with E-state index in [1.54, 1.807) is 18.2 Å². The molecule has 6 nitrogen and oxygen atoms in total. The number of carbonyl (C=O) groups excluding carboxylic acids is 2. The maximum Gasteiger partial charge on any atom is 0.349 e. The molecule has 0 radical (unpaired) electrons. The molecule has 0 bridgehead atoms. The van der Waals surface area contributed by atoms with Crippen molar-refractivity contribution in [3.8, 4) is 6.07 Å². The summed E-state index contributed by atoms with van der Waals surface area (Å²) < 4.78 is 31.3. The molecule has 2 aromatic carbocycles. The van der Waals surface area contributed by atoms with E-state index in [-0.39, 0.29) is 11.3 Å². The zero-order chi connectivity index (χ0) is 20.7. The van der Waals surface area contributed by atoms with Gasteiger partial charge < -0.3 is 15.0 Å². The summed E-state index contributed by atoms with van der Waals surface area (Å²) in [7, 11) is 3.76. The number of ether oxygens (including phenoxy) is 1. The van der Waals surface area contributed by atoms with Gasteiger partial charge in [-0.25, -0.2) is 13.6 Å². The smallest absolute Gasteiger partial charge is 0.349 e. The van der Waals surface area contributed by atoms with E-state index in [1.807, 2.05) is 31.1 Å². The van der Waals surface area contributed by atoms with Gasteiger partial charge in [-0.2, -0.15) is 5.26 Å². The molecule has 0 saturated heterocycles. The molecule has 0 spiro atoms. The fourth-order valence-corrected chi connectivity index (χ4v) is 2.16. The summed E-state index contributed by atoms with van der Waals surface area (Å²) in [6.45, 7) is -0.757. The number of esters is 1. The van der Waals surface area contributed by atoms with Crippen LogP contribution in [0, 0.1) is 23.0 Å². The van der Waals surface area contributed by atoms with E-state index < -0.39 is 30.1 Å². The number of carbonyl (C=O) groups is 2. The number of benzene rings is 2. The summed E-state index contributed by atoms with van der Waals surface area (Å²) in [5, 5.41) is 11.2. The second-order valence-electron chi connectivity index (χ2n) is 5.90. The average Bonchev–Trinajstić information content (AvgIpc) is 2.67. The Balaban J connectivity index is 1.99. The molecule has 0 aliphatic carbocycles. The van der Waals surface area contributed by atoms with Crippen molar-refractivity contribution in [1.29, 1.82) is 5.26 Å². The first-order chi connectivity index (χ1) is 13.3. The van der Waals surface area contributed by atoms with Crippen molar-refractivity contribution >= 4 is 29.3 Å². The van der Waals surface area contributed by atoms with Gasteiger partial charge in [-0.15, -0.1) is 0 Å². The predicted octanol–water partition coefficient (Wildman–Crippen LogP) is 3.12. The number of hydrogen-bond acceptors (Lipinski definition) is 5. The van der Waals surface area contributed by atoms with Crippen LogP contribution >= 0.6 is 0 Å². The molecule has 1 N–H and O–H groups in total. The summed E-state index contributed by atoms with van der Waals surface area (Å²) in [5.41, 5.74) is 0.866. The van der Waals surface area contributed by atoms with E-state index in [2.05, 4.69) is 5.32 Å². The Hall–Kier alpha value is -3.73. The van der Waals surface area contributed by atoms with Crippen molar-refractivity contribution in [1.82, 2.24) is 0 Å². The van der Waals surface area contributed by atoms with Crippen molar-refractivity contribution in [3.63, 3.8) is 0 Å². The Morgan fingerprint density at radius 2 is 1.86 bits per heavy atom. The van der Waals surface area contributed by atoms with Gasteiger partial charge in [0.25, 0.3) is 5.91 Å². The molecule has 1 amide bonds. The van der Waals surface area contributed by atoms with Gasteiger partial charge in [-0.05, 0) is 35.9 Å². The lowest BCUT2D eigenvalue weighted by Crippen LogP contribution is -2.22. The molecule has 0 atom stereocenters. The molecule has 0 aromatic heterocycles. The van der Waals surface area contributed by atoms with E-state index in [0.717, 1.165) is 23.9 Å². The minimum atomic E-state index is -1.01. The summed E-state index contributed by atoms with van der Waals surface area (Å²) in [4.78, 5) is 25.7. The highest BCUT2D eigenvalue weighted by molar-refractivity contribution is 6.00.